The third kappa shape index (κ3) is 3.75. The lowest BCUT2D eigenvalue weighted by molar-refractivity contribution is 0.0966. The van der Waals surface area contributed by atoms with Crippen LogP contribution in [-0.2, 0) is 10.8 Å². The number of aryl methyl sites for hydroxylation is 1. The number of nitrogens with zero attached hydrogens (tertiary/aromatic N) is 1. The van der Waals surface area contributed by atoms with Crippen LogP contribution in [0.1, 0.15) is 22.3 Å². The molecule has 0 aromatic heterocycles. The van der Waals surface area contributed by atoms with Gasteiger partial charge in [0.1, 0.15) is 0 Å². The molecule has 0 unspecified atom stereocenters. The molecule has 1 aliphatic heterocycles. The Morgan fingerprint density at radius 3 is 2.44 bits per heavy atom. The van der Waals surface area contributed by atoms with Gasteiger partial charge in [0.25, 0.3) is 0 Å². The topological polar surface area (TPSA) is 37.4 Å². The maximum atomic E-state index is 12.0. The summed E-state index contributed by atoms with van der Waals surface area (Å²) in [6.07, 6.45) is 0.551. The lowest BCUT2D eigenvalue weighted by Crippen LogP contribution is -2.38. The van der Waals surface area contributed by atoms with Crippen molar-refractivity contribution >= 4 is 16.6 Å². The van der Waals surface area contributed by atoms with Crippen LogP contribution in [-0.4, -0.2) is 46.0 Å². The molecule has 1 aliphatic rings. The number of benzene rings is 1. The van der Waals surface area contributed by atoms with E-state index in [9.17, 15) is 9.00 Å². The fraction of sp³-hybridized carbons (Fsp3) is 0.500. The van der Waals surface area contributed by atoms with Crippen LogP contribution in [0.4, 0.5) is 0 Å². The zero-order valence-corrected chi connectivity index (χ0v) is 11.5. The molecule has 0 N–H and O–H groups in total. The van der Waals surface area contributed by atoms with E-state index in [1.807, 2.05) is 31.2 Å². The summed E-state index contributed by atoms with van der Waals surface area (Å²) in [6.45, 7) is 4.51. The Bertz CT molecular complexity index is 432. The maximum Gasteiger partial charge on any atom is 0.164 e. The number of Topliss-reactive ketones (excluding diaryl/α,β-unsaturated/α-hetero) is 1. The van der Waals surface area contributed by atoms with Crippen molar-refractivity contribution in [1.82, 2.24) is 4.90 Å². The van der Waals surface area contributed by atoms with Gasteiger partial charge < -0.3 is 4.90 Å². The zero-order chi connectivity index (χ0) is 13.0. The molecule has 0 bridgehead atoms. The van der Waals surface area contributed by atoms with Crippen LogP contribution in [0.5, 0.6) is 0 Å². The number of rotatable bonds is 4. The molecule has 0 spiro atoms. The number of ketones is 1. The number of carbonyl (C=O) groups is 1. The normalized spacial score (nSPS) is 17.8. The summed E-state index contributed by atoms with van der Waals surface area (Å²) in [5.74, 6) is 1.69. The summed E-state index contributed by atoms with van der Waals surface area (Å²) in [5.41, 5.74) is 1.96. The van der Waals surface area contributed by atoms with E-state index in [1.54, 1.807) is 0 Å². The zero-order valence-electron chi connectivity index (χ0n) is 10.7. The monoisotopic (exact) mass is 265 g/mol. The van der Waals surface area contributed by atoms with E-state index in [-0.39, 0.29) is 5.78 Å². The van der Waals surface area contributed by atoms with Crippen molar-refractivity contribution < 1.29 is 9.00 Å². The van der Waals surface area contributed by atoms with Crippen LogP contribution in [0.15, 0.2) is 24.3 Å². The van der Waals surface area contributed by atoms with E-state index in [2.05, 4.69) is 4.90 Å². The minimum atomic E-state index is -0.640. The van der Waals surface area contributed by atoms with Gasteiger partial charge in [-0.1, -0.05) is 29.8 Å². The standard InChI is InChI=1S/C14H19NO2S/c1-12-2-4-13(5-3-12)14(16)6-7-15-8-10-18(17)11-9-15/h2-5H,6-11H2,1H3. The fourth-order valence-corrected chi connectivity index (χ4v) is 3.17. The van der Waals surface area contributed by atoms with Crippen molar-refractivity contribution in [2.75, 3.05) is 31.1 Å². The highest BCUT2D eigenvalue weighted by Gasteiger charge is 2.16. The van der Waals surface area contributed by atoms with Crippen LogP contribution in [0.3, 0.4) is 0 Å². The van der Waals surface area contributed by atoms with Crippen LogP contribution in [0, 0.1) is 6.92 Å². The molecule has 0 amide bonds. The Kier molecular flexibility index (Phi) is 4.66. The third-order valence-corrected chi connectivity index (χ3v) is 4.57. The van der Waals surface area contributed by atoms with Crippen molar-refractivity contribution in [3.63, 3.8) is 0 Å². The largest absolute Gasteiger partial charge is 0.301 e. The molecular formula is C14H19NO2S. The lowest BCUT2D eigenvalue weighted by atomic mass is 10.1. The lowest BCUT2D eigenvalue weighted by Gasteiger charge is -2.25. The summed E-state index contributed by atoms with van der Waals surface area (Å²) in [7, 11) is -0.640. The molecule has 0 aliphatic carbocycles. The minimum absolute atomic E-state index is 0.196. The van der Waals surface area contributed by atoms with E-state index >= 15 is 0 Å². The number of carbonyl (C=O) groups excluding carboxylic acids is 1. The predicted molar refractivity (Wildman–Crippen MR) is 74.4 cm³/mol. The molecule has 2 rings (SSSR count). The summed E-state index contributed by atoms with van der Waals surface area (Å²) >= 11 is 0. The molecule has 1 saturated heterocycles. The van der Waals surface area contributed by atoms with Crippen molar-refractivity contribution in [3.05, 3.63) is 35.4 Å². The van der Waals surface area contributed by atoms with Crippen LogP contribution in [0.2, 0.25) is 0 Å². The molecule has 0 saturated carbocycles. The Morgan fingerprint density at radius 1 is 1.22 bits per heavy atom. The summed E-state index contributed by atoms with van der Waals surface area (Å²) in [5, 5.41) is 0. The Balaban J connectivity index is 1.81. The highest BCUT2D eigenvalue weighted by atomic mass is 32.2. The van der Waals surface area contributed by atoms with Crippen molar-refractivity contribution in [2.24, 2.45) is 0 Å². The van der Waals surface area contributed by atoms with Crippen molar-refractivity contribution in [2.45, 2.75) is 13.3 Å². The quantitative estimate of drug-likeness (QED) is 0.777. The number of hydrogen-bond acceptors (Lipinski definition) is 3. The molecule has 0 radical (unpaired) electrons. The molecular weight excluding hydrogens is 246 g/mol. The molecule has 0 atom stereocenters. The SMILES string of the molecule is Cc1ccc(C(=O)CCN2CCS(=O)CC2)cc1. The van der Waals surface area contributed by atoms with Crippen molar-refractivity contribution in [1.29, 1.82) is 0 Å². The first-order valence-electron chi connectivity index (χ1n) is 6.32. The van der Waals surface area contributed by atoms with Gasteiger partial charge in [-0.3, -0.25) is 9.00 Å². The summed E-state index contributed by atoms with van der Waals surface area (Å²) in [6, 6.07) is 7.72. The molecule has 1 heterocycles. The molecule has 98 valence electrons. The molecule has 1 fully saturated rings. The molecule has 18 heavy (non-hydrogen) atoms. The average molecular weight is 265 g/mol. The third-order valence-electron chi connectivity index (χ3n) is 3.30. The second-order valence-electron chi connectivity index (χ2n) is 4.73. The van der Waals surface area contributed by atoms with Gasteiger partial charge in [0.15, 0.2) is 5.78 Å². The highest BCUT2D eigenvalue weighted by molar-refractivity contribution is 7.85. The van der Waals surface area contributed by atoms with Gasteiger partial charge in [-0.05, 0) is 6.92 Å². The van der Waals surface area contributed by atoms with Gasteiger partial charge in [-0.25, -0.2) is 0 Å². The first-order valence-corrected chi connectivity index (χ1v) is 7.81. The van der Waals surface area contributed by atoms with Crippen LogP contribution >= 0.6 is 0 Å². The average Bonchev–Trinajstić information content (AvgIpc) is 2.38. The number of hydrogen-bond donors (Lipinski definition) is 0. The smallest absolute Gasteiger partial charge is 0.164 e. The van der Waals surface area contributed by atoms with Gasteiger partial charge >= 0.3 is 0 Å². The maximum absolute atomic E-state index is 12.0. The van der Waals surface area contributed by atoms with E-state index in [1.165, 1.54) is 5.56 Å². The van der Waals surface area contributed by atoms with Crippen LogP contribution in [0.25, 0.3) is 0 Å². The van der Waals surface area contributed by atoms with Gasteiger partial charge in [-0.2, -0.15) is 0 Å². The highest BCUT2D eigenvalue weighted by Crippen LogP contribution is 2.08. The van der Waals surface area contributed by atoms with E-state index < -0.39 is 10.8 Å². The first-order chi connectivity index (χ1) is 8.65. The summed E-state index contributed by atoms with van der Waals surface area (Å²) < 4.78 is 11.2. The summed E-state index contributed by atoms with van der Waals surface area (Å²) in [4.78, 5) is 14.2. The molecule has 3 nitrogen and oxygen atoms in total. The van der Waals surface area contributed by atoms with E-state index in [0.29, 0.717) is 6.42 Å². The predicted octanol–water partition coefficient (Wildman–Crippen LogP) is 1.63. The van der Waals surface area contributed by atoms with E-state index in [4.69, 9.17) is 0 Å². The Morgan fingerprint density at radius 2 is 1.83 bits per heavy atom. The Labute approximate surface area is 111 Å². The van der Waals surface area contributed by atoms with Crippen molar-refractivity contribution in [3.8, 4) is 0 Å². The van der Waals surface area contributed by atoms with Gasteiger partial charge in [0.2, 0.25) is 0 Å². The first kappa shape index (κ1) is 13.4. The fourth-order valence-electron chi connectivity index (χ4n) is 2.04. The molecule has 1 aromatic carbocycles. The molecule has 4 heteroatoms. The molecule has 1 aromatic rings. The minimum Gasteiger partial charge on any atom is -0.301 e. The van der Waals surface area contributed by atoms with Gasteiger partial charge in [0, 0.05) is 53.9 Å². The van der Waals surface area contributed by atoms with E-state index in [0.717, 1.165) is 36.7 Å². The second kappa shape index (κ2) is 6.25. The van der Waals surface area contributed by atoms with Gasteiger partial charge in [0.05, 0.1) is 0 Å². The van der Waals surface area contributed by atoms with Gasteiger partial charge in [-0.15, -0.1) is 0 Å². The van der Waals surface area contributed by atoms with Crippen LogP contribution < -0.4 is 0 Å². The Hall–Kier alpha value is -1.00. The second-order valence-corrected chi connectivity index (χ2v) is 6.43.